The molecule has 0 aromatic carbocycles. The molecule has 3 nitrogen and oxygen atoms in total. The fourth-order valence-electron chi connectivity index (χ4n) is 0.231. The minimum atomic E-state index is 0.820. The molecule has 1 rings (SSSR count). The summed E-state index contributed by atoms with van der Waals surface area (Å²) in [5.74, 6) is 0. The van der Waals surface area contributed by atoms with Crippen molar-refractivity contribution >= 4 is 22.6 Å². The molecule has 0 bridgehead atoms. The fraction of sp³-hybridized carbons (Fsp3) is 0. The lowest BCUT2D eigenvalue weighted by molar-refractivity contribution is 0.942. The van der Waals surface area contributed by atoms with Crippen LogP contribution in [0, 0.1) is 3.70 Å². The molecule has 1 aromatic rings. The van der Waals surface area contributed by atoms with Crippen LogP contribution < -0.4 is 0 Å². The summed E-state index contributed by atoms with van der Waals surface area (Å²) < 4.78 is 0.820. The Morgan fingerprint density at radius 3 is 2.71 bits per heavy atom. The highest BCUT2D eigenvalue weighted by molar-refractivity contribution is 14.1. The Morgan fingerprint density at radius 2 is 2.43 bits per heavy atom. The molecule has 1 heterocycles. The van der Waals surface area contributed by atoms with Crippen LogP contribution in [-0.2, 0) is 0 Å². The average Bonchev–Trinajstić information content (AvgIpc) is 1.69. The highest BCUT2D eigenvalue weighted by atomic mass is 127. The minimum Gasteiger partial charge on any atom is -0.240 e. The van der Waals surface area contributed by atoms with Crippen molar-refractivity contribution in [3.05, 3.63) is 16.2 Å². The molecule has 36 valence electrons. The third kappa shape index (κ3) is 1.34. The van der Waals surface area contributed by atoms with Gasteiger partial charge >= 0.3 is 0 Å². The SMILES string of the molecule is Ic1cncnn1. The summed E-state index contributed by atoms with van der Waals surface area (Å²) >= 11 is 2.04. The van der Waals surface area contributed by atoms with E-state index in [-0.39, 0.29) is 0 Å². The molecule has 0 saturated heterocycles. The van der Waals surface area contributed by atoms with E-state index in [1.807, 2.05) is 22.6 Å². The molecule has 0 amide bonds. The molecule has 4 heteroatoms. The third-order valence-electron chi connectivity index (χ3n) is 0.453. The zero-order valence-corrected chi connectivity index (χ0v) is 5.53. The standard InChI is InChI=1S/C3H2IN3/c4-3-1-5-2-6-7-3/h1-2H. The van der Waals surface area contributed by atoms with Crippen molar-refractivity contribution in [1.29, 1.82) is 0 Å². The molecule has 0 aliphatic carbocycles. The maximum atomic E-state index is 3.70. The Balaban J connectivity index is 3.02. The summed E-state index contributed by atoms with van der Waals surface area (Å²) in [5.41, 5.74) is 0. The maximum absolute atomic E-state index is 3.70. The summed E-state index contributed by atoms with van der Waals surface area (Å²) in [5, 5.41) is 7.17. The molecule has 0 atom stereocenters. The molecule has 0 saturated carbocycles. The van der Waals surface area contributed by atoms with Gasteiger partial charge in [0.25, 0.3) is 0 Å². The second kappa shape index (κ2) is 2.15. The van der Waals surface area contributed by atoms with E-state index in [0.717, 1.165) is 3.70 Å². The molecule has 0 unspecified atom stereocenters. The number of aromatic nitrogens is 3. The molecular formula is C3H2IN3. The van der Waals surface area contributed by atoms with E-state index in [0.29, 0.717) is 0 Å². The summed E-state index contributed by atoms with van der Waals surface area (Å²) in [7, 11) is 0. The van der Waals surface area contributed by atoms with Gasteiger partial charge in [0, 0.05) is 0 Å². The minimum absolute atomic E-state index is 0.820. The van der Waals surface area contributed by atoms with Crippen LogP contribution in [0.4, 0.5) is 0 Å². The van der Waals surface area contributed by atoms with Crippen LogP contribution in [0.2, 0.25) is 0 Å². The molecule has 0 aliphatic heterocycles. The zero-order valence-electron chi connectivity index (χ0n) is 3.37. The van der Waals surface area contributed by atoms with Gasteiger partial charge in [0.05, 0.1) is 6.20 Å². The summed E-state index contributed by atoms with van der Waals surface area (Å²) in [6, 6.07) is 0. The van der Waals surface area contributed by atoms with E-state index < -0.39 is 0 Å². The zero-order chi connectivity index (χ0) is 5.11. The van der Waals surface area contributed by atoms with E-state index in [1.165, 1.54) is 6.33 Å². The van der Waals surface area contributed by atoms with E-state index in [2.05, 4.69) is 15.2 Å². The van der Waals surface area contributed by atoms with Crippen molar-refractivity contribution in [1.82, 2.24) is 15.2 Å². The lowest BCUT2D eigenvalue weighted by Crippen LogP contribution is -1.83. The third-order valence-corrected chi connectivity index (χ3v) is 0.947. The summed E-state index contributed by atoms with van der Waals surface area (Å²) in [6.45, 7) is 0. The molecule has 0 spiro atoms. The molecule has 7 heavy (non-hydrogen) atoms. The highest BCUT2D eigenvalue weighted by Crippen LogP contribution is 1.90. The first-order chi connectivity index (χ1) is 3.39. The largest absolute Gasteiger partial charge is 0.240 e. The number of nitrogens with zero attached hydrogens (tertiary/aromatic N) is 3. The van der Waals surface area contributed by atoms with Gasteiger partial charge in [0.2, 0.25) is 0 Å². The van der Waals surface area contributed by atoms with Crippen LogP contribution in [0.15, 0.2) is 12.5 Å². The molecular weight excluding hydrogens is 205 g/mol. The molecule has 0 fully saturated rings. The van der Waals surface area contributed by atoms with Crippen LogP contribution in [0.3, 0.4) is 0 Å². The smallest absolute Gasteiger partial charge is 0.142 e. The normalized spacial score (nSPS) is 8.71. The first-order valence-corrected chi connectivity index (χ1v) is 2.75. The molecule has 0 N–H and O–H groups in total. The van der Waals surface area contributed by atoms with Gasteiger partial charge < -0.3 is 0 Å². The van der Waals surface area contributed by atoms with Crippen molar-refractivity contribution in [2.45, 2.75) is 0 Å². The topological polar surface area (TPSA) is 38.7 Å². The van der Waals surface area contributed by atoms with Gasteiger partial charge in [0.1, 0.15) is 10.0 Å². The van der Waals surface area contributed by atoms with Crippen molar-refractivity contribution in [3.8, 4) is 0 Å². The van der Waals surface area contributed by atoms with Crippen molar-refractivity contribution < 1.29 is 0 Å². The monoisotopic (exact) mass is 207 g/mol. The van der Waals surface area contributed by atoms with Crippen LogP contribution in [-0.4, -0.2) is 15.2 Å². The Labute approximate surface area is 54.3 Å². The van der Waals surface area contributed by atoms with Crippen LogP contribution in [0.1, 0.15) is 0 Å². The molecule has 0 radical (unpaired) electrons. The Bertz CT molecular complexity index is 140. The van der Waals surface area contributed by atoms with E-state index >= 15 is 0 Å². The lowest BCUT2D eigenvalue weighted by atomic mass is 10.9. The van der Waals surface area contributed by atoms with Gasteiger partial charge in [-0.1, -0.05) is 0 Å². The first kappa shape index (κ1) is 4.89. The Hall–Kier alpha value is -0.260. The van der Waals surface area contributed by atoms with Crippen LogP contribution in [0.5, 0.6) is 0 Å². The average molecular weight is 207 g/mol. The summed E-state index contributed by atoms with van der Waals surface area (Å²) in [6.07, 6.45) is 3.05. The predicted molar refractivity (Wildman–Crippen MR) is 32.5 cm³/mol. The predicted octanol–water partition coefficient (Wildman–Crippen LogP) is 0.476. The van der Waals surface area contributed by atoms with Crippen molar-refractivity contribution in [2.24, 2.45) is 0 Å². The van der Waals surface area contributed by atoms with Crippen molar-refractivity contribution in [3.63, 3.8) is 0 Å². The molecule has 0 aliphatic rings. The van der Waals surface area contributed by atoms with Crippen molar-refractivity contribution in [2.75, 3.05) is 0 Å². The fourth-order valence-corrected chi connectivity index (χ4v) is 0.517. The van der Waals surface area contributed by atoms with Gasteiger partial charge in [-0.15, -0.1) is 10.2 Å². The van der Waals surface area contributed by atoms with Gasteiger partial charge in [-0.25, -0.2) is 4.98 Å². The maximum Gasteiger partial charge on any atom is 0.142 e. The van der Waals surface area contributed by atoms with E-state index in [1.54, 1.807) is 6.20 Å². The number of hydrogen-bond donors (Lipinski definition) is 0. The highest BCUT2D eigenvalue weighted by Gasteiger charge is 1.78. The van der Waals surface area contributed by atoms with Gasteiger partial charge in [-0.05, 0) is 22.6 Å². The second-order valence-corrected chi connectivity index (χ2v) is 2.04. The van der Waals surface area contributed by atoms with Crippen LogP contribution >= 0.6 is 22.6 Å². The quantitative estimate of drug-likeness (QED) is 0.580. The Kier molecular flexibility index (Phi) is 1.50. The first-order valence-electron chi connectivity index (χ1n) is 1.68. The van der Waals surface area contributed by atoms with E-state index in [4.69, 9.17) is 0 Å². The molecule has 1 aromatic heterocycles. The number of halogens is 1. The second-order valence-electron chi connectivity index (χ2n) is 0.932. The Morgan fingerprint density at radius 1 is 1.57 bits per heavy atom. The van der Waals surface area contributed by atoms with Crippen LogP contribution in [0.25, 0.3) is 0 Å². The number of rotatable bonds is 0. The van der Waals surface area contributed by atoms with Gasteiger partial charge in [-0.3, -0.25) is 0 Å². The van der Waals surface area contributed by atoms with Gasteiger partial charge in [0.15, 0.2) is 0 Å². The van der Waals surface area contributed by atoms with Gasteiger partial charge in [-0.2, -0.15) is 0 Å². The lowest BCUT2D eigenvalue weighted by Gasteiger charge is -1.78. The summed E-state index contributed by atoms with van der Waals surface area (Å²) in [4.78, 5) is 3.70. The van der Waals surface area contributed by atoms with E-state index in [9.17, 15) is 0 Å². The number of hydrogen-bond acceptors (Lipinski definition) is 3.